The summed E-state index contributed by atoms with van der Waals surface area (Å²) < 4.78 is 25.8. The number of rotatable bonds is 7. The molecule has 0 radical (unpaired) electrons. The molecule has 0 N–H and O–H groups in total. The molecule has 2 aromatic heterocycles. The van der Waals surface area contributed by atoms with E-state index < -0.39 is 5.82 Å². The van der Waals surface area contributed by atoms with Crippen LogP contribution in [0.5, 0.6) is 0 Å². The number of halogens is 2. The van der Waals surface area contributed by atoms with Crippen molar-refractivity contribution in [2.45, 2.75) is 6.42 Å². The van der Waals surface area contributed by atoms with Crippen molar-refractivity contribution >= 4 is 45.0 Å². The van der Waals surface area contributed by atoms with Gasteiger partial charge in [-0.25, -0.2) is 9.37 Å². The molecule has 2 aromatic carbocycles. The zero-order chi connectivity index (χ0) is 22.6. The average molecular weight is 503 g/mol. The topological polar surface area (TPSA) is 71.7 Å². The van der Waals surface area contributed by atoms with Crippen molar-refractivity contribution in [1.29, 1.82) is 0 Å². The first-order valence-corrected chi connectivity index (χ1v) is 11.7. The third kappa shape index (κ3) is 5.28. The summed E-state index contributed by atoms with van der Waals surface area (Å²) in [6, 6.07) is 16.0. The van der Waals surface area contributed by atoms with E-state index in [0.29, 0.717) is 22.1 Å². The number of amides is 1. The Balaban J connectivity index is 0.00000274. The van der Waals surface area contributed by atoms with E-state index in [1.165, 1.54) is 17.4 Å². The van der Waals surface area contributed by atoms with Crippen molar-refractivity contribution in [3.8, 4) is 11.3 Å². The van der Waals surface area contributed by atoms with Gasteiger partial charge in [0, 0.05) is 37.8 Å². The lowest BCUT2D eigenvalue weighted by molar-refractivity contribution is 0.0376. The zero-order valence-corrected chi connectivity index (χ0v) is 20.0. The van der Waals surface area contributed by atoms with Crippen molar-refractivity contribution in [3.63, 3.8) is 0 Å². The first-order valence-electron chi connectivity index (χ1n) is 10.9. The van der Waals surface area contributed by atoms with Gasteiger partial charge >= 0.3 is 0 Å². The van der Waals surface area contributed by atoms with Crippen LogP contribution in [0, 0.1) is 5.82 Å². The summed E-state index contributed by atoms with van der Waals surface area (Å²) in [5, 5.41) is 4.47. The van der Waals surface area contributed by atoms with Gasteiger partial charge in [0.25, 0.3) is 5.91 Å². The van der Waals surface area contributed by atoms with E-state index in [-0.39, 0.29) is 29.5 Å². The first kappa shape index (κ1) is 24.3. The van der Waals surface area contributed by atoms with Crippen LogP contribution in [0.4, 0.5) is 9.52 Å². The molecule has 1 amide bonds. The first-order chi connectivity index (χ1) is 16.2. The summed E-state index contributed by atoms with van der Waals surface area (Å²) in [7, 11) is 0. The third-order valence-corrected chi connectivity index (χ3v) is 6.63. The number of hydrogen-bond acceptors (Lipinski definition) is 7. The van der Waals surface area contributed by atoms with Gasteiger partial charge in [-0.2, -0.15) is 0 Å². The number of carbonyl (C=O) groups excluding carboxylic acids is 1. The number of ether oxygens (including phenoxy) is 1. The van der Waals surface area contributed by atoms with Gasteiger partial charge in [-0.1, -0.05) is 52.9 Å². The second-order valence-electron chi connectivity index (χ2n) is 7.79. The standard InChI is InChI=1S/C24H23FN4O3S.ClH/c25-18-8-4-9-21-22(18)26-24(33-21)29(11-5-10-28-12-14-31-15-13-28)23(30)19-16-20(32-27-19)17-6-2-1-3-7-17;/h1-4,6-9,16H,5,10-15H2;1H. The summed E-state index contributed by atoms with van der Waals surface area (Å²) in [6.45, 7) is 4.47. The number of morpholine rings is 1. The van der Waals surface area contributed by atoms with Crippen LogP contribution >= 0.6 is 23.7 Å². The van der Waals surface area contributed by atoms with Gasteiger partial charge in [0.05, 0.1) is 17.9 Å². The van der Waals surface area contributed by atoms with Crippen molar-refractivity contribution < 1.29 is 18.4 Å². The fourth-order valence-corrected chi connectivity index (χ4v) is 4.84. The number of anilines is 1. The summed E-state index contributed by atoms with van der Waals surface area (Å²) >= 11 is 1.29. The molecule has 0 spiro atoms. The molecule has 0 bridgehead atoms. The van der Waals surface area contributed by atoms with Crippen LogP contribution in [0.15, 0.2) is 59.1 Å². The van der Waals surface area contributed by atoms with E-state index in [1.807, 2.05) is 30.3 Å². The highest BCUT2D eigenvalue weighted by Gasteiger charge is 2.25. The number of carbonyl (C=O) groups is 1. The van der Waals surface area contributed by atoms with Crippen molar-refractivity contribution in [3.05, 3.63) is 66.1 Å². The van der Waals surface area contributed by atoms with Crippen LogP contribution in [0.25, 0.3) is 21.5 Å². The molecule has 0 unspecified atom stereocenters. The molecule has 7 nitrogen and oxygen atoms in total. The molecule has 1 aliphatic rings. The third-order valence-electron chi connectivity index (χ3n) is 5.58. The van der Waals surface area contributed by atoms with Crippen molar-refractivity contribution in [1.82, 2.24) is 15.0 Å². The van der Waals surface area contributed by atoms with E-state index in [9.17, 15) is 9.18 Å². The Bertz CT molecular complexity index is 1240. The average Bonchev–Trinajstić information content (AvgIpc) is 3.51. The van der Waals surface area contributed by atoms with Gasteiger partial charge in [0.15, 0.2) is 16.6 Å². The SMILES string of the molecule is Cl.O=C(c1cc(-c2ccccc2)on1)N(CCCN1CCOCC1)c1nc2c(F)cccc2s1. The second kappa shape index (κ2) is 11.1. The Labute approximate surface area is 206 Å². The van der Waals surface area contributed by atoms with E-state index in [1.54, 1.807) is 23.1 Å². The van der Waals surface area contributed by atoms with Gasteiger partial charge in [-0.3, -0.25) is 14.6 Å². The van der Waals surface area contributed by atoms with Gasteiger partial charge in [-0.15, -0.1) is 12.4 Å². The lowest BCUT2D eigenvalue weighted by Crippen LogP contribution is -2.39. The molecule has 0 saturated carbocycles. The molecule has 1 aliphatic heterocycles. The van der Waals surface area contributed by atoms with Crippen LogP contribution in [-0.4, -0.2) is 60.3 Å². The van der Waals surface area contributed by atoms with Gasteiger partial charge in [0.2, 0.25) is 0 Å². The largest absolute Gasteiger partial charge is 0.379 e. The van der Waals surface area contributed by atoms with Crippen LogP contribution in [0.2, 0.25) is 0 Å². The minimum absolute atomic E-state index is 0. The minimum atomic E-state index is -0.400. The molecule has 0 atom stereocenters. The Hall–Kier alpha value is -2.85. The number of benzene rings is 2. The van der Waals surface area contributed by atoms with Crippen LogP contribution in [0.3, 0.4) is 0 Å². The maximum Gasteiger partial charge on any atom is 0.282 e. The van der Waals surface area contributed by atoms with Crippen LogP contribution in [0.1, 0.15) is 16.9 Å². The van der Waals surface area contributed by atoms with E-state index >= 15 is 0 Å². The zero-order valence-electron chi connectivity index (χ0n) is 18.4. The molecule has 10 heteroatoms. The minimum Gasteiger partial charge on any atom is -0.379 e. The molecule has 1 saturated heterocycles. The van der Waals surface area contributed by atoms with E-state index in [2.05, 4.69) is 15.0 Å². The molecule has 3 heterocycles. The van der Waals surface area contributed by atoms with Crippen LogP contribution < -0.4 is 4.90 Å². The van der Waals surface area contributed by atoms with E-state index in [0.717, 1.165) is 44.8 Å². The van der Waals surface area contributed by atoms with Crippen molar-refractivity contribution in [2.24, 2.45) is 0 Å². The smallest absolute Gasteiger partial charge is 0.282 e. The van der Waals surface area contributed by atoms with Crippen LogP contribution in [-0.2, 0) is 4.74 Å². The highest BCUT2D eigenvalue weighted by molar-refractivity contribution is 7.22. The summed E-state index contributed by atoms with van der Waals surface area (Å²) in [5.41, 5.74) is 1.30. The normalized spacial score (nSPS) is 14.1. The highest BCUT2D eigenvalue weighted by atomic mass is 35.5. The van der Waals surface area contributed by atoms with Crippen molar-refractivity contribution in [2.75, 3.05) is 44.3 Å². The molecule has 0 aliphatic carbocycles. The van der Waals surface area contributed by atoms with Gasteiger partial charge < -0.3 is 9.26 Å². The molecular formula is C24H24ClFN4O3S. The summed E-state index contributed by atoms with van der Waals surface area (Å²) in [5.74, 6) is -0.201. The van der Waals surface area contributed by atoms with E-state index in [4.69, 9.17) is 9.26 Å². The molecular weight excluding hydrogens is 479 g/mol. The lowest BCUT2D eigenvalue weighted by atomic mass is 10.1. The number of aromatic nitrogens is 2. The summed E-state index contributed by atoms with van der Waals surface area (Å²) in [6.07, 6.45) is 0.744. The predicted molar refractivity (Wildman–Crippen MR) is 132 cm³/mol. The quantitative estimate of drug-likeness (QED) is 0.358. The lowest BCUT2D eigenvalue weighted by Gasteiger charge is -2.27. The Morgan fingerprint density at radius 1 is 1.12 bits per heavy atom. The highest BCUT2D eigenvalue weighted by Crippen LogP contribution is 2.31. The Kier molecular flexibility index (Phi) is 7.89. The summed E-state index contributed by atoms with van der Waals surface area (Å²) in [4.78, 5) is 21.8. The predicted octanol–water partition coefficient (Wildman–Crippen LogP) is 4.88. The van der Waals surface area contributed by atoms with Gasteiger partial charge in [-0.05, 0) is 18.6 Å². The monoisotopic (exact) mass is 502 g/mol. The number of nitrogens with zero attached hydrogens (tertiary/aromatic N) is 4. The Morgan fingerprint density at radius 2 is 1.91 bits per heavy atom. The second-order valence-corrected chi connectivity index (χ2v) is 8.80. The molecule has 5 rings (SSSR count). The molecule has 178 valence electrons. The molecule has 34 heavy (non-hydrogen) atoms. The maximum absolute atomic E-state index is 14.3. The molecule has 4 aromatic rings. The number of hydrogen-bond donors (Lipinski definition) is 0. The van der Waals surface area contributed by atoms with Gasteiger partial charge in [0.1, 0.15) is 11.3 Å². The fraction of sp³-hybridized carbons (Fsp3) is 0.292. The number of fused-ring (bicyclic) bond motifs is 1. The fourth-order valence-electron chi connectivity index (χ4n) is 3.83. The Morgan fingerprint density at radius 3 is 2.68 bits per heavy atom. The molecule has 1 fully saturated rings. The number of thiazole rings is 1. The number of para-hydroxylation sites is 1. The maximum atomic E-state index is 14.3.